The van der Waals surface area contributed by atoms with Crippen LogP contribution < -0.4 is 5.32 Å². The van der Waals surface area contributed by atoms with E-state index in [1.165, 1.54) is 45.1 Å². The molecule has 0 saturated carbocycles. The van der Waals surface area contributed by atoms with Crippen molar-refractivity contribution in [2.45, 2.75) is 85.2 Å². The van der Waals surface area contributed by atoms with Gasteiger partial charge in [-0.2, -0.15) is 0 Å². The van der Waals surface area contributed by atoms with Crippen molar-refractivity contribution in [1.29, 1.82) is 0 Å². The molecule has 2 nitrogen and oxygen atoms in total. The van der Waals surface area contributed by atoms with Crippen molar-refractivity contribution >= 4 is 0 Å². The monoisotopic (exact) mass is 270 g/mol. The summed E-state index contributed by atoms with van der Waals surface area (Å²) < 4.78 is 0. The lowest BCUT2D eigenvalue weighted by Crippen LogP contribution is -2.42. The number of nitrogens with one attached hydrogen (secondary N) is 1. The van der Waals surface area contributed by atoms with Gasteiger partial charge >= 0.3 is 0 Å². The second kappa shape index (κ2) is 11.7. The normalized spacial score (nSPS) is 16.6. The van der Waals surface area contributed by atoms with Gasteiger partial charge < -0.3 is 10.2 Å². The molecule has 0 spiro atoms. The second-order valence-corrected chi connectivity index (χ2v) is 6.29. The molecule has 0 aliphatic heterocycles. The van der Waals surface area contributed by atoms with E-state index in [1.807, 2.05) is 0 Å². The van der Waals surface area contributed by atoms with E-state index in [1.54, 1.807) is 0 Å². The van der Waals surface area contributed by atoms with Crippen LogP contribution in [0.3, 0.4) is 0 Å². The molecule has 0 heterocycles. The number of nitrogens with zero attached hydrogens (tertiary/aromatic N) is 1. The Morgan fingerprint density at radius 3 is 2.26 bits per heavy atom. The highest BCUT2D eigenvalue weighted by molar-refractivity contribution is 4.73. The Bertz CT molecular complexity index is 194. The zero-order chi connectivity index (χ0) is 14.7. The predicted octanol–water partition coefficient (Wildman–Crippen LogP) is 4.30. The fourth-order valence-corrected chi connectivity index (χ4v) is 2.78. The highest BCUT2D eigenvalue weighted by atomic mass is 15.1. The number of unbranched alkanes of at least 4 members (excludes halogenated alkanes) is 2. The minimum Gasteiger partial charge on any atom is -0.313 e. The predicted molar refractivity (Wildman–Crippen MR) is 87.8 cm³/mol. The highest BCUT2D eigenvalue weighted by Gasteiger charge is 2.16. The molecule has 0 bridgehead atoms. The van der Waals surface area contributed by atoms with Crippen molar-refractivity contribution in [3.63, 3.8) is 0 Å². The summed E-state index contributed by atoms with van der Waals surface area (Å²) >= 11 is 0. The molecule has 2 heteroatoms. The molecule has 0 aromatic heterocycles. The molecular weight excluding hydrogens is 232 g/mol. The van der Waals surface area contributed by atoms with Gasteiger partial charge in [0, 0.05) is 18.6 Å². The van der Waals surface area contributed by atoms with Crippen molar-refractivity contribution in [3.8, 4) is 0 Å². The number of hydrogen-bond acceptors (Lipinski definition) is 2. The van der Waals surface area contributed by atoms with Crippen molar-refractivity contribution in [3.05, 3.63) is 0 Å². The van der Waals surface area contributed by atoms with Gasteiger partial charge in [0.1, 0.15) is 0 Å². The fraction of sp³-hybridized carbons (Fsp3) is 1.00. The molecule has 0 aliphatic rings. The van der Waals surface area contributed by atoms with Gasteiger partial charge in [-0.1, -0.05) is 53.4 Å². The van der Waals surface area contributed by atoms with E-state index in [9.17, 15) is 0 Å². The Hall–Kier alpha value is -0.0800. The third-order valence-corrected chi connectivity index (χ3v) is 4.29. The summed E-state index contributed by atoms with van der Waals surface area (Å²) in [6, 6.07) is 1.34. The quantitative estimate of drug-likeness (QED) is 0.532. The molecule has 0 rings (SSSR count). The Balaban J connectivity index is 3.93. The molecular formula is C17H38N2. The van der Waals surface area contributed by atoms with Crippen molar-refractivity contribution < 1.29 is 0 Å². The molecule has 116 valence electrons. The first-order chi connectivity index (χ1) is 9.04. The number of likely N-dealkylation sites (N-methyl/N-ethyl adjacent to an activating group) is 2. The first-order valence-corrected chi connectivity index (χ1v) is 8.48. The van der Waals surface area contributed by atoms with E-state index in [4.69, 9.17) is 0 Å². The third kappa shape index (κ3) is 9.45. The van der Waals surface area contributed by atoms with Crippen molar-refractivity contribution in [1.82, 2.24) is 10.2 Å². The molecule has 1 N–H and O–H groups in total. The molecule has 19 heavy (non-hydrogen) atoms. The van der Waals surface area contributed by atoms with Crippen molar-refractivity contribution in [2.75, 3.05) is 20.1 Å². The van der Waals surface area contributed by atoms with Crippen LogP contribution in [0.25, 0.3) is 0 Å². The maximum absolute atomic E-state index is 3.57. The summed E-state index contributed by atoms with van der Waals surface area (Å²) in [7, 11) is 2.28. The lowest BCUT2D eigenvalue weighted by Gasteiger charge is -2.30. The zero-order valence-corrected chi connectivity index (χ0v) is 14.3. The molecule has 0 radical (unpaired) electrons. The molecule has 0 fully saturated rings. The third-order valence-electron chi connectivity index (χ3n) is 4.29. The van der Waals surface area contributed by atoms with E-state index in [0.29, 0.717) is 12.1 Å². The van der Waals surface area contributed by atoms with Gasteiger partial charge in [0.25, 0.3) is 0 Å². The van der Waals surface area contributed by atoms with E-state index in [2.05, 4.69) is 51.9 Å². The van der Waals surface area contributed by atoms with Crippen LogP contribution >= 0.6 is 0 Å². The molecule has 0 aromatic carbocycles. The Labute approximate surface area is 122 Å². The maximum atomic E-state index is 3.57. The summed E-state index contributed by atoms with van der Waals surface area (Å²) in [5, 5.41) is 3.57. The Kier molecular flexibility index (Phi) is 11.7. The summed E-state index contributed by atoms with van der Waals surface area (Å²) in [4.78, 5) is 2.53. The molecule has 0 aromatic rings. The number of rotatable bonds is 12. The smallest absolute Gasteiger partial charge is 0.0192 e. The van der Waals surface area contributed by atoms with E-state index in [-0.39, 0.29) is 0 Å². The van der Waals surface area contributed by atoms with Gasteiger partial charge in [0.05, 0.1) is 0 Å². The first-order valence-electron chi connectivity index (χ1n) is 8.48. The van der Waals surface area contributed by atoms with Gasteiger partial charge in [0.15, 0.2) is 0 Å². The molecule has 0 saturated heterocycles. The fourth-order valence-electron chi connectivity index (χ4n) is 2.78. The minimum absolute atomic E-state index is 0.646. The van der Waals surface area contributed by atoms with Crippen molar-refractivity contribution in [2.24, 2.45) is 5.92 Å². The van der Waals surface area contributed by atoms with E-state index < -0.39 is 0 Å². The van der Waals surface area contributed by atoms with Gasteiger partial charge in [-0.3, -0.25) is 0 Å². The van der Waals surface area contributed by atoms with Gasteiger partial charge in [0.2, 0.25) is 0 Å². The second-order valence-electron chi connectivity index (χ2n) is 6.29. The van der Waals surface area contributed by atoms with Crippen LogP contribution in [0.15, 0.2) is 0 Å². The Morgan fingerprint density at radius 2 is 1.74 bits per heavy atom. The van der Waals surface area contributed by atoms with Gasteiger partial charge in [-0.05, 0) is 39.3 Å². The maximum Gasteiger partial charge on any atom is 0.0192 e. The average Bonchev–Trinajstić information content (AvgIpc) is 2.38. The van der Waals surface area contributed by atoms with Crippen LogP contribution in [0, 0.1) is 5.92 Å². The largest absolute Gasteiger partial charge is 0.313 e. The van der Waals surface area contributed by atoms with E-state index in [0.717, 1.165) is 12.5 Å². The molecule has 3 unspecified atom stereocenters. The van der Waals surface area contributed by atoms with Crippen LogP contribution in [0.2, 0.25) is 0 Å². The lowest BCUT2D eigenvalue weighted by atomic mass is 9.95. The standard InChI is InChI=1S/C17H38N2/c1-7-10-11-12-15(4)13-16(5)19(6)14-17(8-2)18-9-3/h15-18H,7-14H2,1-6H3. The summed E-state index contributed by atoms with van der Waals surface area (Å²) in [6.45, 7) is 13.8. The average molecular weight is 271 g/mol. The minimum atomic E-state index is 0.646. The summed E-state index contributed by atoms with van der Waals surface area (Å²) in [5.74, 6) is 0.864. The van der Waals surface area contributed by atoms with Crippen LogP contribution in [0.1, 0.15) is 73.1 Å². The van der Waals surface area contributed by atoms with E-state index >= 15 is 0 Å². The first kappa shape index (κ1) is 18.9. The zero-order valence-electron chi connectivity index (χ0n) is 14.3. The highest BCUT2D eigenvalue weighted by Crippen LogP contribution is 2.17. The molecule has 3 atom stereocenters. The van der Waals surface area contributed by atoms with Crippen LogP contribution in [0.5, 0.6) is 0 Å². The Morgan fingerprint density at radius 1 is 1.05 bits per heavy atom. The lowest BCUT2D eigenvalue weighted by molar-refractivity contribution is 0.197. The summed E-state index contributed by atoms with van der Waals surface area (Å²) in [6.07, 6.45) is 8.09. The molecule has 0 aliphatic carbocycles. The van der Waals surface area contributed by atoms with Crippen LogP contribution in [-0.4, -0.2) is 37.1 Å². The number of hydrogen-bond donors (Lipinski definition) is 1. The summed E-state index contributed by atoms with van der Waals surface area (Å²) in [5.41, 5.74) is 0. The topological polar surface area (TPSA) is 15.3 Å². The van der Waals surface area contributed by atoms with Gasteiger partial charge in [-0.25, -0.2) is 0 Å². The SMILES string of the molecule is CCCCCC(C)CC(C)N(C)CC(CC)NCC. The molecule has 0 amide bonds. The van der Waals surface area contributed by atoms with Crippen LogP contribution in [-0.2, 0) is 0 Å². The van der Waals surface area contributed by atoms with Gasteiger partial charge in [-0.15, -0.1) is 0 Å². The van der Waals surface area contributed by atoms with Crippen LogP contribution in [0.4, 0.5) is 0 Å².